The summed E-state index contributed by atoms with van der Waals surface area (Å²) in [6.45, 7) is 6.70. The Morgan fingerprint density at radius 1 is 1.50 bits per heavy atom. The van der Waals surface area contributed by atoms with E-state index in [0.29, 0.717) is 17.7 Å². The Balaban J connectivity index is 1.89. The topological polar surface area (TPSA) is 55.6 Å². The van der Waals surface area contributed by atoms with Gasteiger partial charge in [-0.2, -0.15) is 11.8 Å². The van der Waals surface area contributed by atoms with Crippen molar-refractivity contribution in [2.45, 2.75) is 44.1 Å². The van der Waals surface area contributed by atoms with Gasteiger partial charge in [0.2, 0.25) is 0 Å². The lowest BCUT2D eigenvalue weighted by molar-refractivity contribution is -0.142. The van der Waals surface area contributed by atoms with Gasteiger partial charge in [0.25, 0.3) is 5.91 Å². The van der Waals surface area contributed by atoms with E-state index in [1.54, 1.807) is 0 Å². The quantitative estimate of drug-likeness (QED) is 0.835. The molecule has 1 unspecified atom stereocenters. The molecule has 2 saturated heterocycles. The fourth-order valence-electron chi connectivity index (χ4n) is 2.54. The highest BCUT2D eigenvalue weighted by molar-refractivity contribution is 8.00. The lowest BCUT2D eigenvalue weighted by Crippen LogP contribution is -2.47. The average molecular weight is 272 g/mol. The van der Waals surface area contributed by atoms with Crippen LogP contribution in [0.5, 0.6) is 0 Å². The van der Waals surface area contributed by atoms with Crippen molar-refractivity contribution in [2.75, 3.05) is 25.4 Å². The summed E-state index contributed by atoms with van der Waals surface area (Å²) in [5.41, 5.74) is 5.58. The molecule has 3 atom stereocenters. The van der Waals surface area contributed by atoms with E-state index in [-0.39, 0.29) is 18.1 Å². The second-order valence-corrected chi connectivity index (χ2v) is 6.84. The van der Waals surface area contributed by atoms with Crippen LogP contribution in [-0.2, 0) is 9.53 Å². The van der Waals surface area contributed by atoms with E-state index >= 15 is 0 Å². The van der Waals surface area contributed by atoms with Gasteiger partial charge in [0.15, 0.2) is 0 Å². The summed E-state index contributed by atoms with van der Waals surface area (Å²) in [5.74, 6) is 1.84. The van der Waals surface area contributed by atoms with Crippen LogP contribution >= 0.6 is 11.8 Å². The zero-order valence-electron chi connectivity index (χ0n) is 11.3. The number of ether oxygens (including phenoxy) is 1. The van der Waals surface area contributed by atoms with Crippen molar-refractivity contribution < 1.29 is 9.53 Å². The number of carbonyl (C=O) groups is 1. The molecule has 2 N–H and O–H groups in total. The summed E-state index contributed by atoms with van der Waals surface area (Å²) < 4.78 is 5.70. The Labute approximate surface area is 114 Å². The van der Waals surface area contributed by atoms with E-state index in [9.17, 15) is 4.79 Å². The van der Waals surface area contributed by atoms with E-state index in [1.807, 2.05) is 16.7 Å². The summed E-state index contributed by atoms with van der Waals surface area (Å²) >= 11 is 1.99. The van der Waals surface area contributed by atoms with Crippen LogP contribution in [0.2, 0.25) is 0 Å². The SMILES string of the molecule is CC(C)C1CN(C(=O)[C@@H]2CC[C@H](CN)O2)CCS1. The molecular weight excluding hydrogens is 248 g/mol. The molecule has 2 aliphatic rings. The van der Waals surface area contributed by atoms with Crippen LogP contribution in [0.1, 0.15) is 26.7 Å². The molecule has 2 heterocycles. The van der Waals surface area contributed by atoms with Crippen LogP contribution in [0.15, 0.2) is 0 Å². The van der Waals surface area contributed by atoms with Crippen LogP contribution in [-0.4, -0.2) is 53.7 Å². The monoisotopic (exact) mass is 272 g/mol. The van der Waals surface area contributed by atoms with Gasteiger partial charge in [-0.05, 0) is 18.8 Å². The predicted octanol–water partition coefficient (Wildman–Crippen LogP) is 1.09. The minimum atomic E-state index is -0.241. The maximum absolute atomic E-state index is 12.4. The van der Waals surface area contributed by atoms with Crippen LogP contribution in [0.25, 0.3) is 0 Å². The summed E-state index contributed by atoms with van der Waals surface area (Å²) in [7, 11) is 0. The van der Waals surface area contributed by atoms with E-state index in [4.69, 9.17) is 10.5 Å². The van der Waals surface area contributed by atoms with Crippen molar-refractivity contribution in [3.05, 3.63) is 0 Å². The summed E-state index contributed by atoms with van der Waals surface area (Å²) in [6.07, 6.45) is 1.59. The first-order chi connectivity index (χ1) is 8.61. The zero-order valence-corrected chi connectivity index (χ0v) is 12.1. The van der Waals surface area contributed by atoms with Crippen molar-refractivity contribution in [3.63, 3.8) is 0 Å². The highest BCUT2D eigenvalue weighted by atomic mass is 32.2. The van der Waals surface area contributed by atoms with Gasteiger partial charge in [0.1, 0.15) is 6.10 Å². The first-order valence-electron chi connectivity index (χ1n) is 6.87. The molecule has 18 heavy (non-hydrogen) atoms. The van der Waals surface area contributed by atoms with Gasteiger partial charge in [-0.3, -0.25) is 4.79 Å². The Bertz CT molecular complexity index is 299. The van der Waals surface area contributed by atoms with Crippen LogP contribution in [0.3, 0.4) is 0 Å². The number of carbonyl (C=O) groups excluding carboxylic acids is 1. The number of amides is 1. The maximum Gasteiger partial charge on any atom is 0.251 e. The number of hydrogen-bond donors (Lipinski definition) is 1. The molecule has 0 aromatic rings. The number of rotatable bonds is 3. The molecule has 2 rings (SSSR count). The van der Waals surface area contributed by atoms with Crippen molar-refractivity contribution in [1.29, 1.82) is 0 Å². The van der Waals surface area contributed by atoms with Crippen molar-refractivity contribution >= 4 is 17.7 Å². The number of hydrogen-bond acceptors (Lipinski definition) is 4. The van der Waals surface area contributed by atoms with Gasteiger partial charge in [-0.15, -0.1) is 0 Å². The number of nitrogens with zero attached hydrogens (tertiary/aromatic N) is 1. The molecule has 2 aliphatic heterocycles. The zero-order chi connectivity index (χ0) is 13.1. The highest BCUT2D eigenvalue weighted by Crippen LogP contribution is 2.27. The fraction of sp³-hybridized carbons (Fsp3) is 0.923. The predicted molar refractivity (Wildman–Crippen MR) is 74.6 cm³/mol. The number of thioether (sulfide) groups is 1. The largest absolute Gasteiger partial charge is 0.364 e. The second-order valence-electron chi connectivity index (χ2n) is 5.50. The summed E-state index contributed by atoms with van der Waals surface area (Å²) in [4.78, 5) is 14.4. The van der Waals surface area contributed by atoms with Crippen molar-refractivity contribution in [3.8, 4) is 0 Å². The van der Waals surface area contributed by atoms with Gasteiger partial charge in [-0.1, -0.05) is 13.8 Å². The molecule has 0 aromatic carbocycles. The molecule has 0 bridgehead atoms. The third kappa shape index (κ3) is 3.19. The molecule has 2 fully saturated rings. The summed E-state index contributed by atoms with van der Waals surface area (Å²) in [6, 6.07) is 0. The third-order valence-corrected chi connectivity index (χ3v) is 5.33. The first-order valence-corrected chi connectivity index (χ1v) is 7.92. The average Bonchev–Trinajstić information content (AvgIpc) is 2.86. The van der Waals surface area contributed by atoms with E-state index < -0.39 is 0 Å². The Morgan fingerprint density at radius 3 is 2.89 bits per heavy atom. The number of nitrogens with two attached hydrogens (primary N) is 1. The minimum Gasteiger partial charge on any atom is -0.364 e. The van der Waals surface area contributed by atoms with Crippen LogP contribution < -0.4 is 5.73 Å². The lowest BCUT2D eigenvalue weighted by atomic mass is 10.1. The molecule has 1 amide bonds. The molecule has 0 radical (unpaired) electrons. The molecule has 0 spiro atoms. The molecule has 4 nitrogen and oxygen atoms in total. The Morgan fingerprint density at radius 2 is 2.28 bits per heavy atom. The Hall–Kier alpha value is -0.260. The van der Waals surface area contributed by atoms with Gasteiger partial charge in [0, 0.05) is 30.6 Å². The van der Waals surface area contributed by atoms with E-state index in [0.717, 1.165) is 31.7 Å². The van der Waals surface area contributed by atoms with Gasteiger partial charge in [-0.25, -0.2) is 0 Å². The van der Waals surface area contributed by atoms with E-state index in [2.05, 4.69) is 13.8 Å². The van der Waals surface area contributed by atoms with Gasteiger partial charge >= 0.3 is 0 Å². The summed E-state index contributed by atoms with van der Waals surface area (Å²) in [5, 5.41) is 0.564. The molecular formula is C13H24N2O2S. The third-order valence-electron chi connectivity index (χ3n) is 3.79. The Kier molecular flexibility index (Phi) is 4.92. The molecule has 0 aromatic heterocycles. The molecule has 0 aliphatic carbocycles. The maximum atomic E-state index is 12.4. The highest BCUT2D eigenvalue weighted by Gasteiger charge is 2.35. The molecule has 104 valence electrons. The fourth-order valence-corrected chi connectivity index (χ4v) is 3.84. The standard InChI is InChI=1S/C13H24N2O2S/c1-9(2)12-8-15(5-6-18-12)13(16)11-4-3-10(7-14)17-11/h9-12H,3-8,14H2,1-2H3/t10-,11+,12?/m1/s1. The van der Waals surface area contributed by atoms with Gasteiger partial charge in [0.05, 0.1) is 6.10 Å². The van der Waals surface area contributed by atoms with Crippen LogP contribution in [0.4, 0.5) is 0 Å². The first kappa shape index (κ1) is 14.2. The van der Waals surface area contributed by atoms with Crippen molar-refractivity contribution in [1.82, 2.24) is 4.90 Å². The van der Waals surface area contributed by atoms with E-state index in [1.165, 1.54) is 0 Å². The smallest absolute Gasteiger partial charge is 0.251 e. The van der Waals surface area contributed by atoms with Crippen molar-refractivity contribution in [2.24, 2.45) is 11.7 Å². The minimum absolute atomic E-state index is 0.0824. The second kappa shape index (κ2) is 6.26. The molecule has 0 saturated carbocycles. The normalized spacial score (nSPS) is 33.1. The lowest BCUT2D eigenvalue weighted by Gasteiger charge is -2.35. The molecule has 5 heteroatoms. The van der Waals surface area contributed by atoms with Gasteiger partial charge < -0.3 is 15.4 Å². The van der Waals surface area contributed by atoms with Crippen LogP contribution in [0, 0.1) is 5.92 Å².